The minimum absolute atomic E-state index is 0.0855. The van der Waals surface area contributed by atoms with Gasteiger partial charge in [0.05, 0.1) is 31.0 Å². The van der Waals surface area contributed by atoms with Crippen molar-refractivity contribution in [2.45, 2.75) is 50.4 Å². The van der Waals surface area contributed by atoms with Crippen molar-refractivity contribution >= 4 is 23.4 Å². The van der Waals surface area contributed by atoms with Crippen molar-refractivity contribution in [1.29, 1.82) is 0 Å². The number of rotatable bonds is 9. The minimum atomic E-state index is -4.47. The van der Waals surface area contributed by atoms with Crippen molar-refractivity contribution in [3.8, 4) is 11.1 Å². The molecule has 0 spiro atoms. The molecule has 4 aromatic rings. The highest BCUT2D eigenvalue weighted by Gasteiger charge is 2.66. The number of carbonyl (C=O) groups is 1. The smallest absolute Gasteiger partial charge is 0.391 e. The van der Waals surface area contributed by atoms with Gasteiger partial charge in [-0.05, 0) is 37.0 Å². The number of aliphatic hydroxyl groups is 1. The number of hydrogen-bond acceptors (Lipinski definition) is 8. The van der Waals surface area contributed by atoms with Crippen molar-refractivity contribution in [1.82, 2.24) is 24.9 Å². The van der Waals surface area contributed by atoms with Crippen LogP contribution in [0.3, 0.4) is 0 Å². The Morgan fingerprint density at radius 3 is 2.56 bits per heavy atom. The predicted octanol–water partition coefficient (Wildman–Crippen LogP) is 4.37. The lowest BCUT2D eigenvalue weighted by Crippen LogP contribution is -2.28. The van der Waals surface area contributed by atoms with Crippen LogP contribution in [0, 0.1) is 5.82 Å². The van der Waals surface area contributed by atoms with Crippen molar-refractivity contribution in [2.24, 2.45) is 0 Å². The largest absolute Gasteiger partial charge is 0.401 e. The summed E-state index contributed by atoms with van der Waals surface area (Å²) in [6.45, 7) is 2.00. The molecule has 0 bridgehead atoms. The zero-order chi connectivity index (χ0) is 27.8. The molecule has 5 rings (SSSR count). The Kier molecular flexibility index (Phi) is 6.80. The summed E-state index contributed by atoms with van der Waals surface area (Å²) in [6, 6.07) is 5.33. The normalized spacial score (nSPS) is 15.1. The van der Waals surface area contributed by atoms with Gasteiger partial charge < -0.3 is 20.3 Å². The Bertz CT molecular complexity index is 1480. The molecule has 3 N–H and O–H groups in total. The Morgan fingerprint density at radius 1 is 1.18 bits per heavy atom. The fourth-order valence-electron chi connectivity index (χ4n) is 4.05. The van der Waals surface area contributed by atoms with Gasteiger partial charge in [0.25, 0.3) is 0 Å². The van der Waals surface area contributed by atoms with Gasteiger partial charge in [-0.1, -0.05) is 17.3 Å². The Labute approximate surface area is 219 Å². The SMILES string of the molecule is CC(O)Cn1cc(Nc2ncc(-c3ccc(CC(=O)Nc4cc(C5(C(F)(F)F)CC5)on4)c(F)c3)cn2)cn1. The third-order valence-corrected chi connectivity index (χ3v) is 6.27. The van der Waals surface area contributed by atoms with E-state index < -0.39 is 29.4 Å². The second kappa shape index (κ2) is 10.1. The van der Waals surface area contributed by atoms with E-state index in [2.05, 4.69) is 30.9 Å². The lowest BCUT2D eigenvalue weighted by atomic mass is 10.0. The number of nitrogens with zero attached hydrogens (tertiary/aromatic N) is 5. The van der Waals surface area contributed by atoms with Crippen LogP contribution < -0.4 is 10.6 Å². The maximum Gasteiger partial charge on any atom is 0.401 e. The summed E-state index contributed by atoms with van der Waals surface area (Å²) in [6.07, 6.45) is 0.704. The molecule has 10 nitrogen and oxygen atoms in total. The molecule has 0 radical (unpaired) electrons. The fourth-order valence-corrected chi connectivity index (χ4v) is 4.05. The van der Waals surface area contributed by atoms with Crippen molar-refractivity contribution in [3.05, 3.63) is 66.2 Å². The number of halogens is 4. The van der Waals surface area contributed by atoms with Crippen molar-refractivity contribution in [3.63, 3.8) is 0 Å². The molecule has 3 aromatic heterocycles. The number of carbonyl (C=O) groups excluding carboxylic acids is 1. The number of anilines is 3. The van der Waals surface area contributed by atoms with Crippen LogP contribution in [0.15, 0.2) is 53.6 Å². The van der Waals surface area contributed by atoms with E-state index in [1.54, 1.807) is 30.1 Å². The first-order valence-electron chi connectivity index (χ1n) is 11.9. The van der Waals surface area contributed by atoms with Crippen LogP contribution in [-0.2, 0) is 23.2 Å². The van der Waals surface area contributed by atoms with Crippen LogP contribution >= 0.6 is 0 Å². The monoisotopic (exact) mass is 545 g/mol. The van der Waals surface area contributed by atoms with Gasteiger partial charge >= 0.3 is 6.18 Å². The van der Waals surface area contributed by atoms with Crippen LogP contribution in [0.2, 0.25) is 0 Å². The summed E-state index contributed by atoms with van der Waals surface area (Å²) in [4.78, 5) is 20.8. The summed E-state index contributed by atoms with van der Waals surface area (Å²) in [5.41, 5.74) is -0.315. The van der Waals surface area contributed by atoms with Crippen molar-refractivity contribution in [2.75, 3.05) is 10.6 Å². The van der Waals surface area contributed by atoms with Crippen LogP contribution in [0.5, 0.6) is 0 Å². The first kappa shape index (κ1) is 26.3. The topological polar surface area (TPSA) is 131 Å². The molecule has 3 heterocycles. The molecule has 1 aliphatic carbocycles. The lowest BCUT2D eigenvalue weighted by molar-refractivity contribution is -0.165. The van der Waals surface area contributed by atoms with E-state index in [0.717, 1.165) is 6.07 Å². The van der Waals surface area contributed by atoms with E-state index in [1.807, 2.05) is 0 Å². The number of benzene rings is 1. The summed E-state index contributed by atoms with van der Waals surface area (Å²) >= 11 is 0. The van der Waals surface area contributed by atoms with E-state index in [4.69, 9.17) is 4.52 Å². The maximum absolute atomic E-state index is 14.8. The summed E-state index contributed by atoms with van der Waals surface area (Å²) in [5.74, 6) is -1.53. The van der Waals surface area contributed by atoms with E-state index in [-0.39, 0.29) is 36.4 Å². The number of aromatic nitrogens is 5. The third kappa shape index (κ3) is 5.74. The first-order chi connectivity index (χ1) is 18.5. The zero-order valence-corrected chi connectivity index (χ0v) is 20.5. The molecular formula is C25H23F4N7O3. The average molecular weight is 545 g/mol. The first-order valence-corrected chi connectivity index (χ1v) is 11.9. The number of aliphatic hydroxyl groups excluding tert-OH is 1. The minimum Gasteiger partial charge on any atom is -0.391 e. The molecule has 39 heavy (non-hydrogen) atoms. The molecular weight excluding hydrogens is 522 g/mol. The van der Waals surface area contributed by atoms with Crippen LogP contribution in [0.1, 0.15) is 31.1 Å². The molecule has 1 atom stereocenters. The van der Waals surface area contributed by atoms with Gasteiger partial charge in [0.15, 0.2) is 11.6 Å². The zero-order valence-electron chi connectivity index (χ0n) is 20.5. The predicted molar refractivity (Wildman–Crippen MR) is 130 cm³/mol. The summed E-state index contributed by atoms with van der Waals surface area (Å²) in [5, 5.41) is 22.4. The van der Waals surface area contributed by atoms with Gasteiger partial charge in [0.2, 0.25) is 11.9 Å². The molecule has 1 fully saturated rings. The molecule has 1 aliphatic rings. The maximum atomic E-state index is 14.8. The third-order valence-electron chi connectivity index (χ3n) is 6.27. The van der Waals surface area contributed by atoms with Gasteiger partial charge in [0.1, 0.15) is 11.2 Å². The number of amides is 1. The van der Waals surface area contributed by atoms with E-state index in [1.165, 1.54) is 24.5 Å². The number of alkyl halides is 3. The van der Waals surface area contributed by atoms with Gasteiger partial charge in [-0.3, -0.25) is 9.48 Å². The molecule has 0 saturated heterocycles. The van der Waals surface area contributed by atoms with Gasteiger partial charge in [-0.2, -0.15) is 18.3 Å². The highest BCUT2D eigenvalue weighted by atomic mass is 19.4. The Balaban J connectivity index is 1.19. The average Bonchev–Trinajstić information content (AvgIpc) is 3.40. The van der Waals surface area contributed by atoms with Crippen LogP contribution in [-0.4, -0.2) is 48.2 Å². The second-order valence-corrected chi connectivity index (χ2v) is 9.41. The van der Waals surface area contributed by atoms with Crippen LogP contribution in [0.25, 0.3) is 11.1 Å². The molecule has 1 aromatic carbocycles. The highest BCUT2D eigenvalue weighted by Crippen LogP contribution is 2.59. The molecule has 0 aliphatic heterocycles. The van der Waals surface area contributed by atoms with Gasteiger partial charge in [-0.15, -0.1) is 0 Å². The summed E-state index contributed by atoms with van der Waals surface area (Å²) < 4.78 is 60.9. The van der Waals surface area contributed by atoms with Gasteiger partial charge in [0, 0.05) is 30.2 Å². The quantitative estimate of drug-likeness (QED) is 0.265. The number of hydrogen-bond donors (Lipinski definition) is 3. The summed E-state index contributed by atoms with van der Waals surface area (Å²) in [7, 11) is 0. The number of nitrogens with one attached hydrogen (secondary N) is 2. The second-order valence-electron chi connectivity index (χ2n) is 9.41. The van der Waals surface area contributed by atoms with E-state index in [9.17, 15) is 27.5 Å². The molecule has 1 amide bonds. The van der Waals surface area contributed by atoms with E-state index >= 15 is 0 Å². The molecule has 1 saturated carbocycles. The van der Waals surface area contributed by atoms with Crippen LogP contribution in [0.4, 0.5) is 35.0 Å². The fraction of sp³-hybridized carbons (Fsp3) is 0.320. The standard InChI is InChI=1S/C25H23F4N7O3/c1-14(37)12-36-13-18(11-32-36)33-23-30-9-17(10-31-23)15-2-3-16(19(26)6-15)7-22(38)34-21-8-20(39-35-21)24(4-5-24)25(27,28)29/h2-3,6,8-11,13-14,37H,4-5,7,12H2,1H3,(H,30,31,33)(H,34,35,38). The molecule has 14 heteroatoms. The van der Waals surface area contributed by atoms with Crippen molar-refractivity contribution < 1.29 is 32.0 Å². The highest BCUT2D eigenvalue weighted by molar-refractivity contribution is 5.91. The molecule has 204 valence electrons. The molecule has 1 unspecified atom stereocenters. The Hall–Kier alpha value is -4.33. The lowest BCUT2D eigenvalue weighted by Gasteiger charge is -2.14. The van der Waals surface area contributed by atoms with E-state index in [0.29, 0.717) is 29.3 Å². The van der Waals surface area contributed by atoms with Gasteiger partial charge in [-0.25, -0.2) is 14.4 Å². The Morgan fingerprint density at radius 2 is 1.92 bits per heavy atom.